The monoisotopic (exact) mass is 173 g/mol. The Morgan fingerprint density at radius 1 is 1.75 bits per heavy atom. The molecule has 12 heavy (non-hydrogen) atoms. The number of hydrogen-bond donors (Lipinski definition) is 3. The average Bonchev–Trinajstić information content (AvgIpc) is 2.10. The molecule has 3 N–H and O–H groups in total. The van der Waals surface area contributed by atoms with Crippen LogP contribution in [-0.4, -0.2) is 42.2 Å². The molecule has 0 rings (SSSR count). The first kappa shape index (κ1) is 10.8. The number of aliphatic hydroxyl groups is 2. The largest absolute Gasteiger partial charge is 0.436 e. The van der Waals surface area contributed by atoms with Gasteiger partial charge in [0, 0.05) is 6.54 Å². The molecule has 5 nitrogen and oxygen atoms in total. The third kappa shape index (κ3) is 5.53. The van der Waals surface area contributed by atoms with Crippen molar-refractivity contribution in [2.75, 3.05) is 19.8 Å². The zero-order valence-electron chi connectivity index (χ0n) is 6.49. The van der Waals surface area contributed by atoms with Gasteiger partial charge >= 0.3 is 6.09 Å². The SMILES string of the molecule is C#CCOC(=O)NC[C@@H](O)CO. The van der Waals surface area contributed by atoms with Crippen LogP contribution in [0.2, 0.25) is 0 Å². The van der Waals surface area contributed by atoms with Gasteiger partial charge in [0.2, 0.25) is 0 Å². The third-order valence-electron chi connectivity index (χ3n) is 0.979. The summed E-state index contributed by atoms with van der Waals surface area (Å²) in [5.74, 6) is 2.11. The first-order chi connectivity index (χ1) is 5.70. The van der Waals surface area contributed by atoms with Crippen LogP contribution in [0.1, 0.15) is 0 Å². The van der Waals surface area contributed by atoms with Crippen LogP contribution in [0.15, 0.2) is 0 Å². The summed E-state index contributed by atoms with van der Waals surface area (Å²) in [6, 6.07) is 0. The van der Waals surface area contributed by atoms with Crippen molar-refractivity contribution in [1.82, 2.24) is 5.32 Å². The number of terminal acetylenes is 1. The molecule has 0 spiro atoms. The Morgan fingerprint density at radius 2 is 2.42 bits per heavy atom. The van der Waals surface area contributed by atoms with Crippen LogP contribution in [0, 0.1) is 12.3 Å². The lowest BCUT2D eigenvalue weighted by atomic mass is 10.4. The van der Waals surface area contributed by atoms with Crippen molar-refractivity contribution in [3.63, 3.8) is 0 Å². The van der Waals surface area contributed by atoms with Gasteiger partial charge in [-0.2, -0.15) is 0 Å². The predicted octanol–water partition coefficient (Wildman–Crippen LogP) is -1.30. The molecule has 5 heteroatoms. The number of aliphatic hydroxyl groups excluding tert-OH is 2. The van der Waals surface area contributed by atoms with Gasteiger partial charge in [-0.15, -0.1) is 6.42 Å². The van der Waals surface area contributed by atoms with Gasteiger partial charge in [-0.3, -0.25) is 0 Å². The fourth-order valence-electron chi connectivity index (χ4n) is 0.424. The van der Waals surface area contributed by atoms with Gasteiger partial charge in [-0.05, 0) is 0 Å². The van der Waals surface area contributed by atoms with E-state index in [-0.39, 0.29) is 13.2 Å². The molecule has 1 amide bonds. The van der Waals surface area contributed by atoms with Crippen LogP contribution in [0.5, 0.6) is 0 Å². The van der Waals surface area contributed by atoms with E-state index in [9.17, 15) is 4.79 Å². The topological polar surface area (TPSA) is 78.8 Å². The summed E-state index contributed by atoms with van der Waals surface area (Å²) < 4.78 is 4.41. The maximum atomic E-state index is 10.6. The Hall–Kier alpha value is -1.25. The number of ether oxygens (including phenoxy) is 1. The Bertz CT molecular complexity index is 175. The lowest BCUT2D eigenvalue weighted by Crippen LogP contribution is -2.34. The Morgan fingerprint density at radius 3 is 2.92 bits per heavy atom. The van der Waals surface area contributed by atoms with Crippen molar-refractivity contribution in [3.05, 3.63) is 0 Å². The van der Waals surface area contributed by atoms with Crippen molar-refractivity contribution in [1.29, 1.82) is 0 Å². The van der Waals surface area contributed by atoms with Crippen LogP contribution in [-0.2, 0) is 4.74 Å². The summed E-state index contributed by atoms with van der Waals surface area (Å²) in [7, 11) is 0. The maximum absolute atomic E-state index is 10.6. The van der Waals surface area contributed by atoms with E-state index in [1.54, 1.807) is 0 Å². The van der Waals surface area contributed by atoms with Crippen LogP contribution >= 0.6 is 0 Å². The average molecular weight is 173 g/mol. The number of amides is 1. The fourth-order valence-corrected chi connectivity index (χ4v) is 0.424. The van der Waals surface area contributed by atoms with Crippen molar-refractivity contribution in [2.24, 2.45) is 0 Å². The molecule has 0 aliphatic carbocycles. The van der Waals surface area contributed by atoms with E-state index >= 15 is 0 Å². The van der Waals surface area contributed by atoms with Crippen molar-refractivity contribution < 1.29 is 19.7 Å². The van der Waals surface area contributed by atoms with Crippen molar-refractivity contribution >= 4 is 6.09 Å². The summed E-state index contributed by atoms with van der Waals surface area (Å²) in [6.07, 6.45) is 3.14. The van der Waals surface area contributed by atoms with Crippen LogP contribution < -0.4 is 5.32 Å². The third-order valence-corrected chi connectivity index (χ3v) is 0.979. The molecule has 0 bridgehead atoms. The molecular weight excluding hydrogens is 162 g/mol. The minimum atomic E-state index is -0.969. The van der Waals surface area contributed by atoms with Crippen molar-refractivity contribution in [2.45, 2.75) is 6.10 Å². The highest BCUT2D eigenvalue weighted by molar-refractivity contribution is 5.67. The number of carbonyl (C=O) groups is 1. The Kier molecular flexibility index (Phi) is 5.79. The molecule has 0 aliphatic heterocycles. The summed E-state index contributed by atoms with van der Waals surface area (Å²) in [4.78, 5) is 10.6. The van der Waals surface area contributed by atoms with E-state index in [0.717, 1.165) is 0 Å². The molecule has 0 radical (unpaired) electrons. The molecule has 0 fully saturated rings. The van der Waals surface area contributed by atoms with E-state index in [1.807, 2.05) is 0 Å². The molecule has 0 aromatic heterocycles. The van der Waals surface area contributed by atoms with Gasteiger partial charge < -0.3 is 20.3 Å². The number of carbonyl (C=O) groups excluding carboxylic acids is 1. The van der Waals surface area contributed by atoms with Gasteiger partial charge in [-0.25, -0.2) is 4.79 Å². The van der Waals surface area contributed by atoms with Gasteiger partial charge in [0.15, 0.2) is 6.61 Å². The van der Waals surface area contributed by atoms with E-state index in [2.05, 4.69) is 16.0 Å². The first-order valence-corrected chi connectivity index (χ1v) is 3.33. The van der Waals surface area contributed by atoms with Crippen LogP contribution in [0.25, 0.3) is 0 Å². The Labute approximate surface area is 70.3 Å². The lowest BCUT2D eigenvalue weighted by Gasteiger charge is -2.07. The summed E-state index contributed by atoms with van der Waals surface area (Å²) in [5, 5.41) is 19.3. The van der Waals surface area contributed by atoms with Gasteiger partial charge in [-0.1, -0.05) is 5.92 Å². The highest BCUT2D eigenvalue weighted by atomic mass is 16.5. The number of nitrogens with one attached hydrogen (secondary N) is 1. The molecule has 0 saturated carbocycles. The van der Waals surface area contributed by atoms with Gasteiger partial charge in [0.25, 0.3) is 0 Å². The molecule has 0 aromatic rings. The minimum absolute atomic E-state index is 0.0557. The highest BCUT2D eigenvalue weighted by Crippen LogP contribution is 1.79. The number of alkyl carbamates (subject to hydrolysis) is 1. The minimum Gasteiger partial charge on any atom is -0.436 e. The van der Waals surface area contributed by atoms with Crippen LogP contribution in [0.4, 0.5) is 4.79 Å². The predicted molar refractivity (Wildman–Crippen MR) is 41.3 cm³/mol. The number of rotatable bonds is 4. The Balaban J connectivity index is 3.38. The second-order valence-electron chi connectivity index (χ2n) is 2.00. The summed E-state index contributed by atoms with van der Waals surface area (Å²) in [6.45, 7) is -0.573. The molecule has 0 aromatic carbocycles. The van der Waals surface area contributed by atoms with E-state index < -0.39 is 18.8 Å². The fraction of sp³-hybridized carbons (Fsp3) is 0.571. The van der Waals surface area contributed by atoms with E-state index in [0.29, 0.717) is 0 Å². The second-order valence-corrected chi connectivity index (χ2v) is 2.00. The summed E-state index contributed by atoms with van der Waals surface area (Å²) >= 11 is 0. The lowest BCUT2D eigenvalue weighted by molar-refractivity contribution is 0.0903. The second kappa shape index (κ2) is 6.46. The quantitative estimate of drug-likeness (QED) is 0.462. The summed E-state index contributed by atoms with van der Waals surface area (Å²) in [5.41, 5.74) is 0. The van der Waals surface area contributed by atoms with Gasteiger partial charge in [0.05, 0.1) is 12.7 Å². The smallest absolute Gasteiger partial charge is 0.408 e. The standard InChI is InChI=1S/C7H11NO4/c1-2-3-12-7(11)8-4-6(10)5-9/h1,6,9-10H,3-5H2,(H,8,11)/t6-/m1/s1. The first-order valence-electron chi connectivity index (χ1n) is 3.33. The zero-order valence-corrected chi connectivity index (χ0v) is 6.49. The normalized spacial score (nSPS) is 11.4. The van der Waals surface area contributed by atoms with E-state index in [4.69, 9.17) is 16.6 Å². The molecule has 0 saturated heterocycles. The highest BCUT2D eigenvalue weighted by Gasteiger charge is 2.04. The van der Waals surface area contributed by atoms with Crippen molar-refractivity contribution in [3.8, 4) is 12.3 Å². The molecule has 0 unspecified atom stereocenters. The maximum Gasteiger partial charge on any atom is 0.408 e. The molecule has 0 aliphatic rings. The molecule has 0 heterocycles. The van der Waals surface area contributed by atoms with Crippen LogP contribution in [0.3, 0.4) is 0 Å². The molecular formula is C7H11NO4. The zero-order chi connectivity index (χ0) is 9.40. The van der Waals surface area contributed by atoms with Gasteiger partial charge in [0.1, 0.15) is 0 Å². The van der Waals surface area contributed by atoms with E-state index in [1.165, 1.54) is 0 Å². The molecule has 68 valence electrons. The number of hydrogen-bond acceptors (Lipinski definition) is 4. The molecule has 1 atom stereocenters.